The number of urea groups is 1. The van der Waals surface area contributed by atoms with Gasteiger partial charge in [-0.25, -0.2) is 19.7 Å². The van der Waals surface area contributed by atoms with Crippen LogP contribution in [0.1, 0.15) is 0 Å². The van der Waals surface area contributed by atoms with Gasteiger partial charge in [0.15, 0.2) is 22.8 Å². The predicted octanol–water partition coefficient (Wildman–Crippen LogP) is 4.88. The third-order valence-electron chi connectivity index (χ3n) is 6.44. The molecule has 6 rings (SSSR count). The molecule has 2 amide bonds. The first kappa shape index (κ1) is 24.2. The Morgan fingerprint density at radius 2 is 1.71 bits per heavy atom. The highest BCUT2D eigenvalue weighted by molar-refractivity contribution is 6.33. The Morgan fingerprint density at radius 1 is 0.947 bits per heavy atom. The number of fused-ring (bicyclic) bond motifs is 1. The van der Waals surface area contributed by atoms with E-state index in [1.54, 1.807) is 28.2 Å². The van der Waals surface area contributed by atoms with E-state index < -0.39 is 0 Å². The molecule has 12 heteroatoms. The molecular weight excluding hydrogens is 525 g/mol. The number of imidazole rings is 1. The zero-order chi connectivity index (χ0) is 26.2. The maximum Gasteiger partial charge on any atom is 0.323 e. The molecule has 4 heterocycles. The van der Waals surface area contributed by atoms with Gasteiger partial charge in [0.2, 0.25) is 0 Å². The minimum absolute atomic E-state index is 0.177. The zero-order valence-corrected chi connectivity index (χ0v) is 21.9. The van der Waals surface area contributed by atoms with Gasteiger partial charge in [-0.2, -0.15) is 5.10 Å². The van der Waals surface area contributed by atoms with E-state index in [2.05, 4.69) is 25.3 Å². The lowest BCUT2D eigenvalue weighted by molar-refractivity contribution is 0.208. The number of amides is 2. The van der Waals surface area contributed by atoms with Gasteiger partial charge in [-0.3, -0.25) is 14.6 Å². The molecule has 1 saturated heterocycles. The minimum atomic E-state index is -0.177. The molecule has 5 aromatic rings. The third-order valence-corrected chi connectivity index (χ3v) is 7.02. The van der Waals surface area contributed by atoms with Crippen LogP contribution in [0.5, 0.6) is 0 Å². The summed E-state index contributed by atoms with van der Waals surface area (Å²) in [6.07, 6.45) is 3.33. The summed E-state index contributed by atoms with van der Waals surface area (Å²) < 4.78 is 3.61. The van der Waals surface area contributed by atoms with Crippen molar-refractivity contribution in [1.82, 2.24) is 34.2 Å². The van der Waals surface area contributed by atoms with Gasteiger partial charge in [-0.15, -0.1) is 0 Å². The molecule has 1 aliphatic rings. The Hall–Kier alpha value is -4.15. The number of hydrogen-bond donors (Lipinski definition) is 1. The third kappa shape index (κ3) is 4.52. The second-order valence-electron chi connectivity index (χ2n) is 8.88. The van der Waals surface area contributed by atoms with Crippen LogP contribution >= 0.6 is 23.2 Å². The van der Waals surface area contributed by atoms with Crippen LogP contribution in [-0.4, -0.2) is 66.4 Å². The molecule has 10 nitrogen and oxygen atoms in total. The molecule has 0 saturated carbocycles. The van der Waals surface area contributed by atoms with Crippen LogP contribution in [0, 0.1) is 0 Å². The number of anilines is 2. The highest BCUT2D eigenvalue weighted by Crippen LogP contribution is 2.35. The summed E-state index contributed by atoms with van der Waals surface area (Å²) >= 11 is 12.8. The number of rotatable bonds is 4. The molecule has 0 atom stereocenters. The lowest BCUT2D eigenvalue weighted by atomic mass is 10.2. The Balaban J connectivity index is 1.34. The van der Waals surface area contributed by atoms with Crippen LogP contribution in [0.4, 0.5) is 16.4 Å². The van der Waals surface area contributed by atoms with Crippen LogP contribution in [-0.2, 0) is 7.05 Å². The van der Waals surface area contributed by atoms with E-state index in [0.717, 1.165) is 11.3 Å². The van der Waals surface area contributed by atoms with Gasteiger partial charge in [0.05, 0.1) is 5.02 Å². The summed E-state index contributed by atoms with van der Waals surface area (Å²) in [5.74, 6) is 1.89. The van der Waals surface area contributed by atoms with E-state index >= 15 is 0 Å². The minimum Gasteiger partial charge on any atom is -0.351 e. The molecule has 2 aromatic carbocycles. The van der Waals surface area contributed by atoms with Crippen molar-refractivity contribution in [1.29, 1.82) is 0 Å². The molecular formula is C26H23Cl2N9O. The van der Waals surface area contributed by atoms with E-state index in [1.165, 1.54) is 0 Å². The van der Waals surface area contributed by atoms with Gasteiger partial charge >= 0.3 is 6.03 Å². The molecule has 1 N–H and O–H groups in total. The SMILES string of the molecule is Cn1ccc(NC(=O)N2CCN(c3ncnc4c3nc(-c3ccccc3Cl)n4-c3ccc(Cl)cc3)CC2)n1. The number of nitrogens with zero attached hydrogens (tertiary/aromatic N) is 8. The largest absolute Gasteiger partial charge is 0.351 e. The number of aromatic nitrogens is 6. The average molecular weight is 548 g/mol. The Morgan fingerprint density at radius 3 is 2.42 bits per heavy atom. The van der Waals surface area contributed by atoms with Crippen LogP contribution in [0.2, 0.25) is 10.0 Å². The van der Waals surface area contributed by atoms with E-state index in [-0.39, 0.29) is 6.03 Å². The highest BCUT2D eigenvalue weighted by atomic mass is 35.5. The van der Waals surface area contributed by atoms with E-state index in [1.807, 2.05) is 60.1 Å². The number of benzene rings is 2. The fourth-order valence-electron chi connectivity index (χ4n) is 4.56. The topological polar surface area (TPSA) is 97.0 Å². The molecule has 1 aliphatic heterocycles. The number of carbonyl (C=O) groups excluding carboxylic acids is 1. The van der Waals surface area contributed by atoms with Gasteiger partial charge in [-0.1, -0.05) is 35.3 Å². The molecule has 0 bridgehead atoms. The summed E-state index contributed by atoms with van der Waals surface area (Å²) in [6.45, 7) is 2.24. The van der Waals surface area contributed by atoms with Crippen molar-refractivity contribution in [3.05, 3.63) is 77.2 Å². The molecule has 1 fully saturated rings. The predicted molar refractivity (Wildman–Crippen MR) is 148 cm³/mol. The molecule has 3 aromatic heterocycles. The van der Waals surface area contributed by atoms with Crippen LogP contribution in [0.25, 0.3) is 28.2 Å². The van der Waals surface area contributed by atoms with Crippen molar-refractivity contribution in [2.24, 2.45) is 7.05 Å². The summed E-state index contributed by atoms with van der Waals surface area (Å²) in [4.78, 5) is 30.8. The second-order valence-corrected chi connectivity index (χ2v) is 9.72. The fourth-order valence-corrected chi connectivity index (χ4v) is 4.91. The quantitative estimate of drug-likeness (QED) is 0.344. The normalized spacial score (nSPS) is 13.8. The number of nitrogens with one attached hydrogen (secondary N) is 1. The molecule has 38 heavy (non-hydrogen) atoms. The lowest BCUT2D eigenvalue weighted by Crippen LogP contribution is -2.50. The summed E-state index contributed by atoms with van der Waals surface area (Å²) in [5, 5.41) is 8.28. The average Bonchev–Trinajstić information content (AvgIpc) is 3.52. The van der Waals surface area contributed by atoms with Crippen LogP contribution < -0.4 is 10.2 Å². The Kier molecular flexibility index (Phi) is 6.34. The maximum absolute atomic E-state index is 12.7. The second kappa shape index (κ2) is 9.96. The van der Waals surface area contributed by atoms with Crippen molar-refractivity contribution in [2.45, 2.75) is 0 Å². The Bertz CT molecular complexity index is 1620. The Labute approximate surface area is 228 Å². The summed E-state index contributed by atoms with van der Waals surface area (Å²) in [7, 11) is 1.81. The molecule has 192 valence electrons. The first-order chi connectivity index (χ1) is 18.5. The lowest BCUT2D eigenvalue weighted by Gasteiger charge is -2.35. The molecule has 0 spiro atoms. The van der Waals surface area contributed by atoms with Gasteiger partial charge in [-0.05, 0) is 36.4 Å². The zero-order valence-electron chi connectivity index (χ0n) is 20.4. The van der Waals surface area contributed by atoms with E-state index in [4.69, 9.17) is 28.2 Å². The summed E-state index contributed by atoms with van der Waals surface area (Å²) in [6, 6.07) is 16.7. The standard InChI is InChI=1S/C26H23Cl2N9O/c1-34-11-10-21(33-34)31-26(38)36-14-12-35(13-15-36)24-22-25(30-16-29-24)37(18-8-6-17(27)7-9-18)23(32-22)19-4-2-3-5-20(19)28/h2-11,16H,12-15H2,1H3,(H,31,33,38). The monoisotopic (exact) mass is 547 g/mol. The first-order valence-electron chi connectivity index (χ1n) is 12.0. The molecule has 0 radical (unpaired) electrons. The van der Waals surface area contributed by atoms with Crippen LogP contribution in [0.3, 0.4) is 0 Å². The number of aryl methyl sites for hydroxylation is 1. The maximum atomic E-state index is 12.7. The van der Waals surface area contributed by atoms with Crippen molar-refractivity contribution in [3.63, 3.8) is 0 Å². The van der Waals surface area contributed by atoms with Crippen molar-refractivity contribution < 1.29 is 4.79 Å². The number of carbonyl (C=O) groups is 1. The van der Waals surface area contributed by atoms with Gasteiger partial charge < -0.3 is 9.80 Å². The molecule has 0 unspecified atom stereocenters. The van der Waals surface area contributed by atoms with Crippen molar-refractivity contribution in [2.75, 3.05) is 36.4 Å². The van der Waals surface area contributed by atoms with Gasteiger partial charge in [0.1, 0.15) is 12.2 Å². The summed E-state index contributed by atoms with van der Waals surface area (Å²) in [5.41, 5.74) is 2.95. The van der Waals surface area contributed by atoms with E-state index in [0.29, 0.717) is 64.8 Å². The van der Waals surface area contributed by atoms with E-state index in [9.17, 15) is 4.79 Å². The number of hydrogen-bond acceptors (Lipinski definition) is 6. The number of halogens is 2. The van der Waals surface area contributed by atoms with Crippen molar-refractivity contribution >= 4 is 52.0 Å². The van der Waals surface area contributed by atoms with Crippen molar-refractivity contribution in [3.8, 4) is 17.1 Å². The first-order valence-corrected chi connectivity index (χ1v) is 12.8. The number of piperazine rings is 1. The highest BCUT2D eigenvalue weighted by Gasteiger charge is 2.27. The molecule has 0 aliphatic carbocycles. The van der Waals surface area contributed by atoms with Gasteiger partial charge in [0, 0.05) is 61.8 Å². The van der Waals surface area contributed by atoms with Gasteiger partial charge in [0.25, 0.3) is 0 Å². The smallest absolute Gasteiger partial charge is 0.323 e. The fraction of sp³-hybridized carbons (Fsp3) is 0.192. The van der Waals surface area contributed by atoms with Crippen LogP contribution in [0.15, 0.2) is 67.1 Å².